The lowest BCUT2D eigenvalue weighted by Gasteiger charge is -2.31. The van der Waals surface area contributed by atoms with Gasteiger partial charge in [0.05, 0.1) is 13.0 Å². The first-order valence-electron chi connectivity index (χ1n) is 7.33. The normalized spacial score (nSPS) is 16.2. The van der Waals surface area contributed by atoms with Gasteiger partial charge in [0, 0.05) is 19.7 Å². The van der Waals surface area contributed by atoms with Crippen LogP contribution in [0.3, 0.4) is 0 Å². The number of aliphatic hydroxyl groups excluding tert-OH is 1. The van der Waals surface area contributed by atoms with Gasteiger partial charge in [-0.1, -0.05) is 12.1 Å². The third kappa shape index (κ3) is 3.97. The SMILES string of the molecule is CCOc1cccc(CC(=O)N2CCC(CO)CC2)c1. The lowest BCUT2D eigenvalue weighted by molar-refractivity contribution is -0.132. The number of benzene rings is 1. The maximum Gasteiger partial charge on any atom is 0.226 e. The maximum absolute atomic E-state index is 12.3. The van der Waals surface area contributed by atoms with Gasteiger partial charge < -0.3 is 14.7 Å². The van der Waals surface area contributed by atoms with Crippen LogP contribution in [-0.4, -0.2) is 42.2 Å². The third-order valence-corrected chi connectivity index (χ3v) is 3.79. The number of aliphatic hydroxyl groups is 1. The smallest absolute Gasteiger partial charge is 0.226 e. The van der Waals surface area contributed by atoms with Crippen LogP contribution in [0.5, 0.6) is 5.75 Å². The van der Waals surface area contributed by atoms with Crippen LogP contribution >= 0.6 is 0 Å². The van der Waals surface area contributed by atoms with Crippen molar-refractivity contribution in [3.8, 4) is 5.75 Å². The maximum atomic E-state index is 12.3. The fourth-order valence-corrected chi connectivity index (χ4v) is 2.56. The Balaban J connectivity index is 1.89. The molecule has 1 aromatic rings. The van der Waals surface area contributed by atoms with E-state index in [0.29, 0.717) is 18.9 Å². The summed E-state index contributed by atoms with van der Waals surface area (Å²) in [4.78, 5) is 14.2. The number of rotatable bonds is 5. The average Bonchev–Trinajstić information content (AvgIpc) is 2.48. The quantitative estimate of drug-likeness (QED) is 0.893. The Bertz CT molecular complexity index is 439. The van der Waals surface area contributed by atoms with Crippen LogP contribution in [0.1, 0.15) is 25.3 Å². The van der Waals surface area contributed by atoms with Crippen molar-refractivity contribution in [3.63, 3.8) is 0 Å². The molecule has 1 aliphatic heterocycles. The van der Waals surface area contributed by atoms with Crippen molar-refractivity contribution < 1.29 is 14.6 Å². The van der Waals surface area contributed by atoms with Gasteiger partial charge >= 0.3 is 0 Å². The number of piperidine rings is 1. The van der Waals surface area contributed by atoms with Crippen molar-refractivity contribution in [1.29, 1.82) is 0 Å². The molecular formula is C16H23NO3. The van der Waals surface area contributed by atoms with Crippen LogP contribution in [-0.2, 0) is 11.2 Å². The van der Waals surface area contributed by atoms with Crippen molar-refractivity contribution in [3.05, 3.63) is 29.8 Å². The molecule has 0 radical (unpaired) electrons. The monoisotopic (exact) mass is 277 g/mol. The number of hydrogen-bond donors (Lipinski definition) is 1. The lowest BCUT2D eigenvalue weighted by Crippen LogP contribution is -2.40. The molecule has 1 aliphatic rings. The molecule has 1 fully saturated rings. The molecular weight excluding hydrogens is 254 g/mol. The van der Waals surface area contributed by atoms with Crippen LogP contribution in [0.2, 0.25) is 0 Å². The second-order valence-electron chi connectivity index (χ2n) is 5.26. The molecule has 0 spiro atoms. The third-order valence-electron chi connectivity index (χ3n) is 3.79. The molecule has 0 saturated carbocycles. The molecule has 0 atom stereocenters. The van der Waals surface area contributed by atoms with E-state index in [9.17, 15) is 4.79 Å². The molecule has 0 bridgehead atoms. The Labute approximate surface area is 120 Å². The van der Waals surface area contributed by atoms with Crippen molar-refractivity contribution in [1.82, 2.24) is 4.90 Å². The molecule has 0 unspecified atom stereocenters. The second-order valence-corrected chi connectivity index (χ2v) is 5.26. The van der Waals surface area contributed by atoms with E-state index in [4.69, 9.17) is 9.84 Å². The molecule has 1 heterocycles. The first kappa shape index (κ1) is 14.9. The topological polar surface area (TPSA) is 49.8 Å². The van der Waals surface area contributed by atoms with Crippen LogP contribution in [0.4, 0.5) is 0 Å². The average molecular weight is 277 g/mol. The van der Waals surface area contributed by atoms with E-state index in [1.54, 1.807) is 0 Å². The molecule has 1 N–H and O–H groups in total. The fraction of sp³-hybridized carbons (Fsp3) is 0.562. The van der Waals surface area contributed by atoms with E-state index in [1.165, 1.54) is 0 Å². The van der Waals surface area contributed by atoms with Crippen LogP contribution in [0.25, 0.3) is 0 Å². The van der Waals surface area contributed by atoms with Gasteiger partial charge in [0.25, 0.3) is 0 Å². The first-order valence-corrected chi connectivity index (χ1v) is 7.33. The molecule has 4 nitrogen and oxygen atoms in total. The summed E-state index contributed by atoms with van der Waals surface area (Å²) in [6, 6.07) is 7.72. The Morgan fingerprint density at radius 2 is 2.15 bits per heavy atom. The van der Waals surface area contributed by atoms with Crippen LogP contribution in [0, 0.1) is 5.92 Å². The van der Waals surface area contributed by atoms with Crippen molar-refractivity contribution >= 4 is 5.91 Å². The van der Waals surface area contributed by atoms with Gasteiger partial charge in [0.2, 0.25) is 5.91 Å². The number of hydrogen-bond acceptors (Lipinski definition) is 3. The van der Waals surface area contributed by atoms with Gasteiger partial charge in [-0.3, -0.25) is 4.79 Å². The summed E-state index contributed by atoms with van der Waals surface area (Å²) < 4.78 is 5.45. The number of likely N-dealkylation sites (tertiary alicyclic amines) is 1. The van der Waals surface area contributed by atoms with Crippen LogP contribution < -0.4 is 4.74 Å². The number of ether oxygens (including phenoxy) is 1. The second kappa shape index (κ2) is 7.29. The van der Waals surface area contributed by atoms with Gasteiger partial charge in [-0.2, -0.15) is 0 Å². The minimum atomic E-state index is 0.162. The minimum absolute atomic E-state index is 0.162. The fourth-order valence-electron chi connectivity index (χ4n) is 2.56. The van der Waals surface area contributed by atoms with Crippen LogP contribution in [0.15, 0.2) is 24.3 Å². The van der Waals surface area contributed by atoms with E-state index >= 15 is 0 Å². The molecule has 1 amide bonds. The zero-order chi connectivity index (χ0) is 14.4. The minimum Gasteiger partial charge on any atom is -0.494 e. The Kier molecular flexibility index (Phi) is 5.41. The summed E-state index contributed by atoms with van der Waals surface area (Å²) in [7, 11) is 0. The summed E-state index contributed by atoms with van der Waals surface area (Å²) in [6.07, 6.45) is 2.23. The lowest BCUT2D eigenvalue weighted by atomic mass is 9.97. The van der Waals surface area contributed by atoms with E-state index in [0.717, 1.165) is 37.2 Å². The predicted octanol–water partition coefficient (Wildman–Crippen LogP) is 1.86. The molecule has 20 heavy (non-hydrogen) atoms. The number of amides is 1. The standard InChI is InChI=1S/C16H23NO3/c1-2-20-15-5-3-4-14(10-15)11-16(19)17-8-6-13(12-18)7-9-17/h3-5,10,13,18H,2,6-9,11-12H2,1H3. The number of carbonyl (C=O) groups excluding carboxylic acids is 1. The largest absolute Gasteiger partial charge is 0.494 e. The first-order chi connectivity index (χ1) is 9.72. The van der Waals surface area contributed by atoms with E-state index in [1.807, 2.05) is 36.1 Å². The molecule has 0 aromatic heterocycles. The molecule has 110 valence electrons. The predicted molar refractivity (Wildman–Crippen MR) is 77.7 cm³/mol. The summed E-state index contributed by atoms with van der Waals surface area (Å²) in [5, 5.41) is 9.11. The highest BCUT2D eigenvalue weighted by atomic mass is 16.5. The van der Waals surface area contributed by atoms with Gasteiger partial charge in [-0.25, -0.2) is 0 Å². The van der Waals surface area contributed by atoms with Crippen molar-refractivity contribution in [2.45, 2.75) is 26.2 Å². The number of nitrogens with zero attached hydrogens (tertiary/aromatic N) is 1. The highest BCUT2D eigenvalue weighted by molar-refractivity contribution is 5.79. The summed E-state index contributed by atoms with van der Waals surface area (Å²) in [5.74, 6) is 1.34. The van der Waals surface area contributed by atoms with Gasteiger partial charge in [0.15, 0.2) is 0 Å². The van der Waals surface area contributed by atoms with E-state index < -0.39 is 0 Å². The Hall–Kier alpha value is -1.55. The zero-order valence-corrected chi connectivity index (χ0v) is 12.0. The molecule has 4 heteroatoms. The molecule has 0 aliphatic carbocycles. The van der Waals surface area contributed by atoms with E-state index in [2.05, 4.69) is 0 Å². The summed E-state index contributed by atoms with van der Waals surface area (Å²) in [5.41, 5.74) is 0.991. The van der Waals surface area contributed by atoms with Gasteiger partial charge in [-0.05, 0) is 43.4 Å². The Morgan fingerprint density at radius 3 is 2.80 bits per heavy atom. The highest BCUT2D eigenvalue weighted by Gasteiger charge is 2.22. The molecule has 2 rings (SSSR count). The van der Waals surface area contributed by atoms with Crippen molar-refractivity contribution in [2.75, 3.05) is 26.3 Å². The van der Waals surface area contributed by atoms with Gasteiger partial charge in [-0.15, -0.1) is 0 Å². The van der Waals surface area contributed by atoms with E-state index in [-0.39, 0.29) is 12.5 Å². The van der Waals surface area contributed by atoms with Crippen molar-refractivity contribution in [2.24, 2.45) is 5.92 Å². The zero-order valence-electron chi connectivity index (χ0n) is 12.0. The number of carbonyl (C=O) groups is 1. The Morgan fingerprint density at radius 1 is 1.40 bits per heavy atom. The highest BCUT2D eigenvalue weighted by Crippen LogP contribution is 2.18. The molecule has 1 aromatic carbocycles. The molecule has 1 saturated heterocycles. The summed E-state index contributed by atoms with van der Waals surface area (Å²) in [6.45, 7) is 4.33. The van der Waals surface area contributed by atoms with Gasteiger partial charge in [0.1, 0.15) is 5.75 Å². The summed E-state index contributed by atoms with van der Waals surface area (Å²) >= 11 is 0.